The monoisotopic (exact) mass is 714 g/mol. The molecule has 13 nitrogen and oxygen atoms in total. The average molecular weight is 715 g/mol. The van der Waals surface area contributed by atoms with E-state index >= 15 is 0 Å². The molecule has 3 fully saturated rings. The zero-order valence-electron chi connectivity index (χ0n) is 26.8. The molecule has 2 aliphatic carbocycles. The Labute approximate surface area is 287 Å². The fourth-order valence-electron chi connectivity index (χ4n) is 7.02. The molecule has 4 amide bonds. The quantitative estimate of drug-likeness (QED) is 0.381. The predicted octanol–water partition coefficient (Wildman–Crippen LogP) is 3.19. The fraction of sp³-hybridized carbons (Fsp3) is 0.545. The number of thiazole rings is 1. The first-order valence-electron chi connectivity index (χ1n) is 16.8. The number of hydrogen-bond donors (Lipinski definition) is 3. The van der Waals surface area contributed by atoms with Gasteiger partial charge >= 0.3 is 6.09 Å². The summed E-state index contributed by atoms with van der Waals surface area (Å²) in [5.74, 6) is -2.64. The summed E-state index contributed by atoms with van der Waals surface area (Å²) in [4.78, 5) is 62.4. The van der Waals surface area contributed by atoms with Crippen LogP contribution in [0, 0.1) is 11.7 Å². The molecule has 16 heteroatoms. The maximum absolute atomic E-state index is 14.4. The van der Waals surface area contributed by atoms with E-state index in [1.165, 1.54) is 27.2 Å². The van der Waals surface area contributed by atoms with Gasteiger partial charge in [0.15, 0.2) is 5.13 Å². The van der Waals surface area contributed by atoms with Crippen LogP contribution in [0.3, 0.4) is 0 Å². The fourth-order valence-corrected chi connectivity index (χ4v) is 8.96. The van der Waals surface area contributed by atoms with E-state index < -0.39 is 68.6 Å². The summed E-state index contributed by atoms with van der Waals surface area (Å²) >= 11 is 1.34. The zero-order chi connectivity index (χ0) is 34.3. The maximum atomic E-state index is 14.4. The highest BCUT2D eigenvalue weighted by Crippen LogP contribution is 2.46. The zero-order valence-corrected chi connectivity index (χ0v) is 28.4. The smallest absolute Gasteiger partial charge is 0.410 e. The second-order valence-electron chi connectivity index (χ2n) is 13.5. The molecule has 5 aliphatic rings. The molecule has 0 bridgehead atoms. The number of rotatable bonds is 6. The van der Waals surface area contributed by atoms with Crippen LogP contribution < -0.4 is 15.4 Å². The summed E-state index contributed by atoms with van der Waals surface area (Å²) in [6.07, 6.45) is 8.61. The van der Waals surface area contributed by atoms with Gasteiger partial charge in [0.2, 0.25) is 21.8 Å². The number of nitrogens with one attached hydrogen (secondary N) is 3. The number of hydrogen-bond acceptors (Lipinski definition) is 10. The van der Waals surface area contributed by atoms with E-state index in [-0.39, 0.29) is 38.4 Å². The number of fused-ring (bicyclic) bond motifs is 3. The lowest BCUT2D eigenvalue weighted by molar-refractivity contribution is -0.140. The van der Waals surface area contributed by atoms with E-state index in [0.29, 0.717) is 35.5 Å². The molecule has 0 unspecified atom stereocenters. The van der Waals surface area contributed by atoms with Crippen molar-refractivity contribution in [3.63, 3.8) is 0 Å². The lowest BCUT2D eigenvalue weighted by Crippen LogP contribution is -2.57. The van der Waals surface area contributed by atoms with Gasteiger partial charge in [-0.2, -0.15) is 0 Å². The molecule has 5 atom stereocenters. The number of ether oxygens (including phenoxy) is 1. The van der Waals surface area contributed by atoms with Crippen molar-refractivity contribution in [2.24, 2.45) is 5.92 Å². The molecule has 49 heavy (non-hydrogen) atoms. The Bertz CT molecular complexity index is 1770. The van der Waals surface area contributed by atoms with Crippen molar-refractivity contribution in [1.29, 1.82) is 0 Å². The lowest BCUT2D eigenvalue weighted by atomic mass is 10.1. The Balaban J connectivity index is 1.14. The minimum absolute atomic E-state index is 0.0379. The van der Waals surface area contributed by atoms with Crippen LogP contribution in [-0.2, 0) is 42.2 Å². The van der Waals surface area contributed by atoms with E-state index in [2.05, 4.69) is 20.3 Å². The number of halogens is 1. The second kappa shape index (κ2) is 13.3. The number of sulfonamides is 1. The molecule has 1 saturated heterocycles. The molecule has 2 aromatic rings. The molecule has 0 radical (unpaired) electrons. The van der Waals surface area contributed by atoms with Gasteiger partial charge in [-0.05, 0) is 50.2 Å². The highest BCUT2D eigenvalue weighted by Gasteiger charge is 2.62. The molecule has 2 saturated carbocycles. The first kappa shape index (κ1) is 33.4. The Morgan fingerprint density at radius 1 is 1.12 bits per heavy atom. The Morgan fingerprint density at radius 2 is 1.96 bits per heavy atom. The summed E-state index contributed by atoms with van der Waals surface area (Å²) in [6, 6.07) is 2.84. The molecular weight excluding hydrogens is 676 g/mol. The number of carbonyl (C=O) groups is 4. The van der Waals surface area contributed by atoms with Gasteiger partial charge in [-0.15, -0.1) is 11.3 Å². The van der Waals surface area contributed by atoms with Crippen LogP contribution in [0.5, 0.6) is 0 Å². The summed E-state index contributed by atoms with van der Waals surface area (Å²) in [6.45, 7) is 0.129. The number of allylic oxidation sites excluding steroid dienone is 1. The van der Waals surface area contributed by atoms with Crippen LogP contribution in [-0.4, -0.2) is 82.5 Å². The Morgan fingerprint density at radius 3 is 2.71 bits per heavy atom. The minimum atomic E-state index is -3.88. The molecule has 262 valence electrons. The first-order chi connectivity index (χ1) is 23.5. The van der Waals surface area contributed by atoms with Gasteiger partial charge in [-0.25, -0.2) is 22.6 Å². The minimum Gasteiger partial charge on any atom is -0.444 e. The highest BCUT2D eigenvalue weighted by molar-refractivity contribution is 7.91. The number of carbonyl (C=O) groups excluding carboxylic acids is 4. The number of benzene rings is 1. The van der Waals surface area contributed by atoms with Crippen LogP contribution in [0.15, 0.2) is 41.9 Å². The SMILES string of the molecule is O=C1N[C@]2(C(=O)NS(=O)(=O)C3CC3)C[C@@H]2/C=C\CCCCC[C@H](Nc2nccs2)C(=O)N2C[C@H](OC(=O)N3Cc4cccc(F)c4C3)C[C@@H]12. The summed E-state index contributed by atoms with van der Waals surface area (Å²) in [7, 11) is -3.88. The second-order valence-corrected chi connectivity index (χ2v) is 16.4. The average Bonchev–Trinajstić information content (AvgIpc) is 3.84. The van der Waals surface area contributed by atoms with E-state index in [9.17, 15) is 32.0 Å². The van der Waals surface area contributed by atoms with Gasteiger partial charge in [0, 0.05) is 36.0 Å². The first-order valence-corrected chi connectivity index (χ1v) is 19.2. The van der Waals surface area contributed by atoms with Gasteiger partial charge in [-0.3, -0.25) is 24.0 Å². The van der Waals surface area contributed by atoms with E-state index in [4.69, 9.17) is 4.74 Å². The standard InChI is InChI=1S/C33H39FN6O7S2/c34-25-9-6-7-20-17-39(19-24(20)25)32(44)47-22-15-27-28(41)37-33(30(43)38-49(45,46)23-11-12-23)16-21(33)8-4-2-1-3-5-10-26(29(42)40(27)18-22)36-31-35-13-14-48-31/h4,6-9,13-14,21-23,26-27H,1-3,5,10-12,15-19H2,(H,35,36)(H,37,41)(H,38,43)/b8-4-/t21-,22+,26-,27-,33+/m0/s1. The molecule has 7 rings (SSSR count). The van der Waals surface area contributed by atoms with E-state index in [0.717, 1.165) is 25.7 Å². The molecule has 0 spiro atoms. The Kier molecular flexibility index (Phi) is 9.11. The van der Waals surface area contributed by atoms with Crippen molar-refractivity contribution in [2.45, 2.75) is 99.9 Å². The van der Waals surface area contributed by atoms with Crippen LogP contribution >= 0.6 is 11.3 Å². The molecule has 3 N–H and O–H groups in total. The number of nitrogens with zero attached hydrogens (tertiary/aromatic N) is 3. The van der Waals surface area contributed by atoms with Crippen molar-refractivity contribution in [3.8, 4) is 0 Å². The van der Waals surface area contributed by atoms with E-state index in [1.54, 1.807) is 23.7 Å². The Hall–Kier alpha value is -4.05. The van der Waals surface area contributed by atoms with Crippen LogP contribution in [0.25, 0.3) is 0 Å². The third-order valence-electron chi connectivity index (χ3n) is 10.0. The van der Waals surface area contributed by atoms with Gasteiger partial charge in [0.1, 0.15) is 29.5 Å². The highest BCUT2D eigenvalue weighted by atomic mass is 32.2. The molecule has 4 heterocycles. The topological polar surface area (TPSA) is 167 Å². The molecular formula is C33H39FN6O7S2. The van der Waals surface area contributed by atoms with Crippen LogP contribution in [0.1, 0.15) is 68.9 Å². The van der Waals surface area contributed by atoms with Gasteiger partial charge in [0.05, 0.1) is 18.3 Å². The third-order valence-corrected chi connectivity index (χ3v) is 12.5. The van der Waals surface area contributed by atoms with Crippen LogP contribution in [0.2, 0.25) is 0 Å². The van der Waals surface area contributed by atoms with Crippen molar-refractivity contribution in [2.75, 3.05) is 11.9 Å². The third kappa shape index (κ3) is 7.02. The van der Waals surface area contributed by atoms with Gasteiger partial charge in [0.25, 0.3) is 5.91 Å². The summed E-state index contributed by atoms with van der Waals surface area (Å²) < 4.78 is 47.9. The molecule has 1 aromatic carbocycles. The number of amides is 4. The maximum Gasteiger partial charge on any atom is 0.410 e. The van der Waals surface area contributed by atoms with Gasteiger partial charge in [-0.1, -0.05) is 37.1 Å². The number of anilines is 1. The van der Waals surface area contributed by atoms with Crippen LogP contribution in [0.4, 0.5) is 14.3 Å². The molecule has 3 aliphatic heterocycles. The lowest BCUT2D eigenvalue weighted by Gasteiger charge is -2.29. The normalized spacial score (nSPS) is 29.4. The summed E-state index contributed by atoms with van der Waals surface area (Å²) in [5, 5.41) is 7.77. The van der Waals surface area contributed by atoms with Crippen molar-refractivity contribution >= 4 is 50.3 Å². The van der Waals surface area contributed by atoms with E-state index in [1.807, 2.05) is 12.2 Å². The van der Waals surface area contributed by atoms with Crippen molar-refractivity contribution in [1.82, 2.24) is 24.8 Å². The number of aromatic nitrogens is 1. The summed E-state index contributed by atoms with van der Waals surface area (Å²) in [5.41, 5.74) is -0.394. The van der Waals surface area contributed by atoms with Crippen molar-refractivity contribution < 1.29 is 36.7 Å². The largest absolute Gasteiger partial charge is 0.444 e. The van der Waals surface area contributed by atoms with Crippen molar-refractivity contribution in [3.05, 3.63) is 58.9 Å². The predicted molar refractivity (Wildman–Crippen MR) is 177 cm³/mol. The van der Waals surface area contributed by atoms with Gasteiger partial charge < -0.3 is 20.3 Å². The molecule has 1 aromatic heterocycles.